The molecule has 0 amide bonds. The molecule has 0 aliphatic rings. The first-order valence-corrected chi connectivity index (χ1v) is 8.50. The van der Waals surface area contributed by atoms with Crippen molar-refractivity contribution in [3.05, 3.63) is 39.9 Å². The molecule has 0 aromatic carbocycles. The summed E-state index contributed by atoms with van der Waals surface area (Å²) in [6, 6.07) is 2.63. The van der Waals surface area contributed by atoms with Crippen LogP contribution in [0.5, 0.6) is 0 Å². The lowest BCUT2D eigenvalue weighted by molar-refractivity contribution is 0.571. The van der Waals surface area contributed by atoms with Crippen LogP contribution in [0.2, 0.25) is 0 Å². The van der Waals surface area contributed by atoms with E-state index >= 15 is 0 Å². The van der Waals surface area contributed by atoms with Crippen molar-refractivity contribution in [2.75, 3.05) is 7.05 Å². The van der Waals surface area contributed by atoms with Gasteiger partial charge >= 0.3 is 0 Å². The van der Waals surface area contributed by atoms with E-state index in [2.05, 4.69) is 74.8 Å². The van der Waals surface area contributed by atoms with E-state index in [4.69, 9.17) is 0 Å². The Kier molecular flexibility index (Phi) is 5.65. The highest BCUT2D eigenvalue weighted by Gasteiger charge is 2.15. The van der Waals surface area contributed by atoms with Gasteiger partial charge in [-0.05, 0) is 54.4 Å². The topological polar surface area (TPSA) is 34.8 Å². The molecule has 0 aliphatic heterocycles. The summed E-state index contributed by atoms with van der Waals surface area (Å²) in [5.41, 5.74) is 3.73. The molecule has 0 saturated carbocycles. The van der Waals surface area contributed by atoms with Gasteiger partial charge in [0, 0.05) is 25.0 Å². The van der Waals surface area contributed by atoms with Crippen molar-refractivity contribution < 1.29 is 0 Å². The zero-order valence-electron chi connectivity index (χ0n) is 13.4. The van der Waals surface area contributed by atoms with Gasteiger partial charge in [-0.1, -0.05) is 13.8 Å². The van der Waals surface area contributed by atoms with E-state index in [1.54, 1.807) is 0 Å². The van der Waals surface area contributed by atoms with E-state index in [0.29, 0.717) is 6.04 Å². The van der Waals surface area contributed by atoms with Gasteiger partial charge in [0.05, 0.1) is 22.4 Å². The number of halogens is 1. The quantitative estimate of drug-likeness (QED) is 0.823. The van der Waals surface area contributed by atoms with E-state index in [1.807, 2.05) is 7.05 Å². The predicted octanol–water partition coefficient (Wildman–Crippen LogP) is 3.75. The van der Waals surface area contributed by atoms with Crippen molar-refractivity contribution in [3.8, 4) is 0 Å². The third-order valence-electron chi connectivity index (χ3n) is 3.96. The number of aryl methyl sites for hydroxylation is 2. The van der Waals surface area contributed by atoms with Crippen molar-refractivity contribution in [1.29, 1.82) is 0 Å². The molecule has 0 bridgehead atoms. The molecular weight excluding hydrogens is 328 g/mol. The van der Waals surface area contributed by atoms with Gasteiger partial charge in [-0.15, -0.1) is 0 Å². The lowest BCUT2D eigenvalue weighted by Gasteiger charge is -2.11. The molecule has 2 rings (SSSR count). The van der Waals surface area contributed by atoms with Crippen molar-refractivity contribution in [3.63, 3.8) is 0 Å². The summed E-state index contributed by atoms with van der Waals surface area (Å²) in [4.78, 5) is 0. The lowest BCUT2D eigenvalue weighted by atomic mass is 10.1. The first-order valence-electron chi connectivity index (χ1n) is 7.71. The van der Waals surface area contributed by atoms with Gasteiger partial charge in [0.25, 0.3) is 0 Å². The van der Waals surface area contributed by atoms with Crippen LogP contribution in [0.4, 0.5) is 0 Å². The van der Waals surface area contributed by atoms with E-state index in [0.717, 1.165) is 36.1 Å². The van der Waals surface area contributed by atoms with Crippen LogP contribution in [0.1, 0.15) is 50.2 Å². The normalized spacial score (nSPS) is 12.8. The fourth-order valence-corrected chi connectivity index (χ4v) is 3.40. The lowest BCUT2D eigenvalue weighted by Crippen LogP contribution is -2.14. The Hall–Kier alpha value is -1.07. The Labute approximate surface area is 135 Å². The number of nitrogens with one attached hydrogen (secondary N) is 1. The Morgan fingerprint density at radius 1 is 1.33 bits per heavy atom. The monoisotopic (exact) mass is 352 g/mol. The maximum atomic E-state index is 4.66. The number of rotatable bonds is 7. The zero-order valence-corrected chi connectivity index (χ0v) is 14.9. The van der Waals surface area contributed by atoms with Crippen LogP contribution in [0, 0.1) is 0 Å². The molecule has 0 fully saturated rings. The highest BCUT2D eigenvalue weighted by Crippen LogP contribution is 2.24. The van der Waals surface area contributed by atoms with Gasteiger partial charge < -0.3 is 9.88 Å². The summed E-state index contributed by atoms with van der Waals surface area (Å²) in [5, 5.41) is 8.01. The van der Waals surface area contributed by atoms with Crippen LogP contribution in [0.15, 0.2) is 22.9 Å². The average molecular weight is 353 g/mol. The second-order valence-electron chi connectivity index (χ2n) is 5.24. The highest BCUT2D eigenvalue weighted by molar-refractivity contribution is 9.10. The van der Waals surface area contributed by atoms with Crippen molar-refractivity contribution in [1.82, 2.24) is 19.7 Å². The summed E-state index contributed by atoms with van der Waals surface area (Å²) in [5.74, 6) is 0. The number of hydrogen-bond acceptors (Lipinski definition) is 2. The van der Waals surface area contributed by atoms with E-state index in [1.165, 1.54) is 11.3 Å². The van der Waals surface area contributed by atoms with Gasteiger partial charge in [0.2, 0.25) is 0 Å². The molecule has 0 spiro atoms. The molecule has 1 atom stereocenters. The summed E-state index contributed by atoms with van der Waals surface area (Å²) in [7, 11) is 2.02. The Bertz CT molecular complexity index is 581. The molecule has 0 aliphatic carbocycles. The third-order valence-corrected chi connectivity index (χ3v) is 4.87. The molecule has 4 nitrogen and oxygen atoms in total. The molecular formula is C16H25BrN4. The molecule has 0 saturated heterocycles. The molecule has 1 N–H and O–H groups in total. The third kappa shape index (κ3) is 3.40. The minimum atomic E-state index is 0.428. The maximum Gasteiger partial charge on any atom is 0.0767 e. The smallest absolute Gasteiger partial charge is 0.0767 e. The largest absolute Gasteiger partial charge is 0.348 e. The van der Waals surface area contributed by atoms with Crippen molar-refractivity contribution in [2.45, 2.75) is 52.7 Å². The SMILES string of the molecule is CCc1nn(CC)c(Cn2ccc(C(CC)NC)c2)c1Br. The summed E-state index contributed by atoms with van der Waals surface area (Å²) in [6.07, 6.45) is 6.43. The van der Waals surface area contributed by atoms with Crippen molar-refractivity contribution in [2.24, 2.45) is 0 Å². The molecule has 2 heterocycles. The number of hydrogen-bond donors (Lipinski definition) is 1. The molecule has 2 aromatic rings. The second kappa shape index (κ2) is 7.27. The fourth-order valence-electron chi connectivity index (χ4n) is 2.71. The van der Waals surface area contributed by atoms with Crippen LogP contribution in [-0.2, 0) is 19.5 Å². The fraction of sp³-hybridized carbons (Fsp3) is 0.562. The molecule has 5 heteroatoms. The van der Waals surface area contributed by atoms with Crippen LogP contribution in [-0.4, -0.2) is 21.4 Å². The Balaban J connectivity index is 2.24. The van der Waals surface area contributed by atoms with Gasteiger partial charge in [0.15, 0.2) is 0 Å². The van der Waals surface area contributed by atoms with Gasteiger partial charge in [-0.25, -0.2) is 0 Å². The minimum Gasteiger partial charge on any atom is -0.348 e. The van der Waals surface area contributed by atoms with Gasteiger partial charge in [0.1, 0.15) is 0 Å². The van der Waals surface area contributed by atoms with Crippen LogP contribution in [0.3, 0.4) is 0 Å². The van der Waals surface area contributed by atoms with Crippen LogP contribution in [0.25, 0.3) is 0 Å². The highest BCUT2D eigenvalue weighted by atomic mass is 79.9. The summed E-state index contributed by atoms with van der Waals surface area (Å²) >= 11 is 3.71. The molecule has 1 unspecified atom stereocenters. The number of nitrogens with zero attached hydrogens (tertiary/aromatic N) is 3. The molecule has 21 heavy (non-hydrogen) atoms. The average Bonchev–Trinajstić information content (AvgIpc) is 3.07. The van der Waals surface area contributed by atoms with Gasteiger partial charge in [-0.2, -0.15) is 5.10 Å². The van der Waals surface area contributed by atoms with E-state index < -0.39 is 0 Å². The predicted molar refractivity (Wildman–Crippen MR) is 90.6 cm³/mol. The summed E-state index contributed by atoms with van der Waals surface area (Å²) < 4.78 is 5.49. The number of aromatic nitrogens is 3. The summed E-state index contributed by atoms with van der Waals surface area (Å²) in [6.45, 7) is 8.23. The van der Waals surface area contributed by atoms with E-state index in [9.17, 15) is 0 Å². The van der Waals surface area contributed by atoms with Crippen LogP contribution >= 0.6 is 15.9 Å². The molecule has 2 aromatic heterocycles. The standard InChI is InChI=1S/C16H25BrN4/c1-5-13(18-4)12-8-9-20(10-12)11-15-16(17)14(6-2)19-21(15)7-3/h8-10,13,18H,5-7,11H2,1-4H3. The molecule has 0 radical (unpaired) electrons. The minimum absolute atomic E-state index is 0.428. The maximum absolute atomic E-state index is 4.66. The zero-order chi connectivity index (χ0) is 15.4. The Morgan fingerprint density at radius 3 is 2.67 bits per heavy atom. The van der Waals surface area contributed by atoms with E-state index in [-0.39, 0.29) is 0 Å². The first kappa shape index (κ1) is 16.3. The Morgan fingerprint density at radius 2 is 2.10 bits per heavy atom. The second-order valence-corrected chi connectivity index (χ2v) is 6.04. The van der Waals surface area contributed by atoms with Crippen LogP contribution < -0.4 is 5.32 Å². The van der Waals surface area contributed by atoms with Gasteiger partial charge in [-0.3, -0.25) is 4.68 Å². The van der Waals surface area contributed by atoms with Crippen molar-refractivity contribution >= 4 is 15.9 Å². The first-order chi connectivity index (χ1) is 10.1. The molecule has 116 valence electrons.